The van der Waals surface area contributed by atoms with E-state index in [-0.39, 0.29) is 6.61 Å². The quantitative estimate of drug-likeness (QED) is 0.0479. The Labute approximate surface area is 284 Å². The lowest BCUT2D eigenvalue weighted by Crippen LogP contribution is -2.67. The van der Waals surface area contributed by atoms with Gasteiger partial charge in [0.1, 0.15) is 61.0 Å². The molecule has 0 aromatic rings. The number of ether oxygens (including phenoxy) is 3. The Kier molecular flexibility index (Phi) is 21.3. The Morgan fingerprint density at radius 3 is 1.62 bits per heavy atom. The zero-order valence-corrected chi connectivity index (χ0v) is 29.5. The highest BCUT2D eigenvalue weighted by Gasteiger charge is 2.55. The van der Waals surface area contributed by atoms with Gasteiger partial charge < -0.3 is 60.0 Å². The minimum absolute atomic E-state index is 0.350. The van der Waals surface area contributed by atoms with Gasteiger partial charge in [-0.05, 0) is 12.8 Å². The Morgan fingerprint density at radius 1 is 0.646 bits per heavy atom. The third kappa shape index (κ3) is 14.4. The summed E-state index contributed by atoms with van der Waals surface area (Å²) >= 11 is 0. The summed E-state index contributed by atoms with van der Waals surface area (Å²) in [7, 11) is -5.02. The second kappa shape index (κ2) is 23.3. The first-order chi connectivity index (χ1) is 22.9. The molecule has 16 heteroatoms. The van der Waals surface area contributed by atoms with Crippen molar-refractivity contribution in [3.8, 4) is 0 Å². The van der Waals surface area contributed by atoms with Crippen LogP contribution in [0.4, 0.5) is 0 Å². The van der Waals surface area contributed by atoms with Gasteiger partial charge in [0.15, 0.2) is 6.29 Å². The van der Waals surface area contributed by atoms with Crippen molar-refractivity contribution in [2.24, 2.45) is 0 Å². The van der Waals surface area contributed by atoms with E-state index < -0.39 is 87.9 Å². The molecule has 286 valence electrons. The van der Waals surface area contributed by atoms with Crippen molar-refractivity contribution in [1.29, 1.82) is 0 Å². The Hall–Kier alpha value is -0.330. The SMILES string of the molecule is CCCCCCCCCCCCCCCCO[C@H](CC)COP(=O)(O)O[C@@H]1C(O)C(O)[C@@H](O)[C@H](O)C1O[C@H]1OC(CO)[C@@H](O)C(O)[C@H]1O. The smallest absolute Gasteiger partial charge is 0.394 e. The van der Waals surface area contributed by atoms with Gasteiger partial charge in [-0.25, -0.2) is 4.57 Å². The van der Waals surface area contributed by atoms with E-state index in [1.807, 2.05) is 6.92 Å². The molecule has 6 unspecified atom stereocenters. The highest BCUT2D eigenvalue weighted by molar-refractivity contribution is 7.47. The Morgan fingerprint density at radius 2 is 1.12 bits per heavy atom. The van der Waals surface area contributed by atoms with E-state index in [2.05, 4.69) is 6.92 Å². The van der Waals surface area contributed by atoms with E-state index in [0.717, 1.165) is 19.3 Å². The molecular formula is C32H63O15P. The number of unbranched alkanes of at least 4 members (excludes halogenated alkanes) is 13. The van der Waals surface area contributed by atoms with Gasteiger partial charge in [0.25, 0.3) is 0 Å². The van der Waals surface area contributed by atoms with Crippen LogP contribution in [0.15, 0.2) is 0 Å². The van der Waals surface area contributed by atoms with E-state index in [1.165, 1.54) is 70.6 Å². The zero-order valence-electron chi connectivity index (χ0n) is 28.6. The van der Waals surface area contributed by atoms with Crippen molar-refractivity contribution in [2.45, 2.75) is 184 Å². The lowest BCUT2D eigenvalue weighted by molar-refractivity contribution is -0.338. The number of aliphatic hydroxyl groups excluding tert-OH is 8. The molecular weight excluding hydrogens is 655 g/mol. The van der Waals surface area contributed by atoms with Crippen molar-refractivity contribution in [1.82, 2.24) is 0 Å². The monoisotopic (exact) mass is 718 g/mol. The standard InChI is InChI=1S/C32H63O15P/c1-3-5-6-7-8-9-10-11-12-13-14-15-16-17-18-43-21(4-2)20-44-48(41,42)47-31-28(39)26(37)25(36)27(38)30(31)46-32-29(40)24(35)23(34)22(19-33)45-32/h21-40H,3-20H2,1-2H3,(H,41,42)/t21-,22?,23-,24?,25-,26?,27+,28?,29-,30?,31-,32-/m1/s1. The minimum atomic E-state index is -5.02. The summed E-state index contributed by atoms with van der Waals surface area (Å²) in [5.41, 5.74) is 0. The molecule has 0 aromatic heterocycles. The van der Waals surface area contributed by atoms with Gasteiger partial charge in [-0.1, -0.05) is 97.3 Å². The van der Waals surface area contributed by atoms with Crippen LogP contribution in [0.5, 0.6) is 0 Å². The van der Waals surface area contributed by atoms with Crippen molar-refractivity contribution < 1.29 is 73.6 Å². The molecule has 2 rings (SSSR count). The molecule has 1 saturated carbocycles. The lowest BCUT2D eigenvalue weighted by atomic mass is 9.84. The van der Waals surface area contributed by atoms with Crippen LogP contribution in [0.25, 0.3) is 0 Å². The summed E-state index contributed by atoms with van der Waals surface area (Å²) in [6, 6.07) is 0. The third-order valence-electron chi connectivity index (χ3n) is 9.17. The number of hydrogen-bond donors (Lipinski definition) is 9. The molecule has 9 N–H and O–H groups in total. The zero-order chi connectivity index (χ0) is 35.7. The molecule has 2 fully saturated rings. The highest BCUT2D eigenvalue weighted by Crippen LogP contribution is 2.48. The summed E-state index contributed by atoms with van der Waals surface area (Å²) in [6.07, 6.45) is -3.71. The van der Waals surface area contributed by atoms with E-state index in [0.29, 0.717) is 13.0 Å². The molecule has 0 spiro atoms. The number of aliphatic hydroxyl groups is 8. The minimum Gasteiger partial charge on any atom is -0.394 e. The fourth-order valence-electron chi connectivity index (χ4n) is 5.99. The van der Waals surface area contributed by atoms with Crippen molar-refractivity contribution >= 4 is 7.82 Å². The molecule has 48 heavy (non-hydrogen) atoms. The van der Waals surface area contributed by atoms with Crippen molar-refractivity contribution in [3.63, 3.8) is 0 Å². The highest BCUT2D eigenvalue weighted by atomic mass is 31.2. The first-order valence-corrected chi connectivity index (χ1v) is 19.3. The first-order valence-electron chi connectivity index (χ1n) is 17.8. The summed E-state index contributed by atoms with van der Waals surface area (Å²) in [5.74, 6) is 0. The molecule has 15 nitrogen and oxygen atoms in total. The largest absolute Gasteiger partial charge is 0.472 e. The van der Waals surface area contributed by atoms with Crippen molar-refractivity contribution in [2.75, 3.05) is 19.8 Å². The molecule has 13 atom stereocenters. The molecule has 2 aliphatic rings. The van der Waals surface area contributed by atoms with Crippen LogP contribution in [0.3, 0.4) is 0 Å². The molecule has 1 heterocycles. The van der Waals surface area contributed by atoms with Crippen LogP contribution >= 0.6 is 7.82 Å². The maximum absolute atomic E-state index is 12.9. The topological polar surface area (TPSA) is 245 Å². The summed E-state index contributed by atoms with van der Waals surface area (Å²) in [4.78, 5) is 10.5. The van der Waals surface area contributed by atoms with Crippen LogP contribution in [0.1, 0.15) is 110 Å². The maximum Gasteiger partial charge on any atom is 0.472 e. The van der Waals surface area contributed by atoms with E-state index in [4.69, 9.17) is 23.3 Å². The van der Waals surface area contributed by atoms with Gasteiger partial charge in [-0.15, -0.1) is 0 Å². The average Bonchev–Trinajstić information content (AvgIpc) is 3.07. The van der Waals surface area contributed by atoms with Crippen LogP contribution in [-0.2, 0) is 27.8 Å². The van der Waals surface area contributed by atoms with E-state index in [9.17, 15) is 50.3 Å². The molecule has 0 amide bonds. The molecule has 1 aliphatic heterocycles. The summed E-state index contributed by atoms with van der Waals surface area (Å²) < 4.78 is 39.7. The number of phosphoric ester groups is 1. The number of hydrogen-bond acceptors (Lipinski definition) is 14. The second-order valence-corrected chi connectivity index (χ2v) is 14.5. The van der Waals surface area contributed by atoms with E-state index >= 15 is 0 Å². The van der Waals surface area contributed by atoms with Crippen LogP contribution in [0.2, 0.25) is 0 Å². The van der Waals surface area contributed by atoms with Crippen LogP contribution < -0.4 is 0 Å². The molecule has 0 radical (unpaired) electrons. The number of rotatable bonds is 25. The van der Waals surface area contributed by atoms with Gasteiger partial charge in [0.2, 0.25) is 0 Å². The van der Waals surface area contributed by atoms with Gasteiger partial charge in [-0.3, -0.25) is 9.05 Å². The summed E-state index contributed by atoms with van der Waals surface area (Å²) in [5, 5.41) is 81.5. The van der Waals surface area contributed by atoms with Crippen molar-refractivity contribution in [3.05, 3.63) is 0 Å². The maximum atomic E-state index is 12.9. The Bertz CT molecular complexity index is 884. The summed E-state index contributed by atoms with van der Waals surface area (Å²) in [6.45, 7) is 3.34. The molecule has 1 aliphatic carbocycles. The lowest BCUT2D eigenvalue weighted by Gasteiger charge is -2.47. The normalized spacial score (nSPS) is 34.6. The first kappa shape index (κ1) is 43.8. The van der Waals surface area contributed by atoms with Crippen LogP contribution in [-0.4, -0.2) is 139 Å². The van der Waals surface area contributed by atoms with Gasteiger partial charge in [0, 0.05) is 6.61 Å². The molecule has 1 saturated heterocycles. The Balaban J connectivity index is 1.77. The predicted molar refractivity (Wildman–Crippen MR) is 174 cm³/mol. The third-order valence-corrected chi connectivity index (χ3v) is 10.2. The van der Waals surface area contributed by atoms with Crippen LogP contribution in [0, 0.1) is 0 Å². The second-order valence-electron chi connectivity index (χ2n) is 13.1. The predicted octanol–water partition coefficient (Wildman–Crippen LogP) is 1.41. The average molecular weight is 719 g/mol. The number of phosphoric acid groups is 1. The van der Waals surface area contributed by atoms with E-state index in [1.54, 1.807) is 0 Å². The molecule has 0 bridgehead atoms. The van der Waals surface area contributed by atoms with Gasteiger partial charge in [-0.2, -0.15) is 0 Å². The fourth-order valence-corrected chi connectivity index (χ4v) is 6.96. The molecule has 0 aromatic carbocycles. The fraction of sp³-hybridized carbons (Fsp3) is 1.00. The van der Waals surface area contributed by atoms with Gasteiger partial charge >= 0.3 is 7.82 Å². The van der Waals surface area contributed by atoms with Gasteiger partial charge in [0.05, 0.1) is 19.3 Å².